The summed E-state index contributed by atoms with van der Waals surface area (Å²) < 4.78 is 0. The van der Waals surface area contributed by atoms with E-state index < -0.39 is 0 Å². The van der Waals surface area contributed by atoms with Gasteiger partial charge in [-0.1, -0.05) is 29.4 Å². The first kappa shape index (κ1) is 14.1. The van der Waals surface area contributed by atoms with E-state index in [4.69, 9.17) is 17.3 Å². The number of halogens is 1. The number of hydrogen-bond acceptors (Lipinski definition) is 4. The Hall–Kier alpha value is -1.30. The van der Waals surface area contributed by atoms with E-state index in [-0.39, 0.29) is 5.56 Å². The number of aryl methyl sites for hydroxylation is 1. The molecule has 1 aromatic heterocycles. The van der Waals surface area contributed by atoms with Crippen molar-refractivity contribution in [1.82, 2.24) is 9.97 Å². The average molecular weight is 296 g/mol. The minimum atomic E-state index is -0.152. The first-order valence-corrected chi connectivity index (χ1v) is 7.02. The van der Waals surface area contributed by atoms with Crippen molar-refractivity contribution in [1.29, 1.82) is 0 Å². The summed E-state index contributed by atoms with van der Waals surface area (Å²) in [6, 6.07) is 7.22. The van der Waals surface area contributed by atoms with Gasteiger partial charge in [0.1, 0.15) is 0 Å². The van der Waals surface area contributed by atoms with Crippen LogP contribution in [-0.4, -0.2) is 16.5 Å². The Bertz CT molecular complexity index is 642. The predicted octanol–water partition coefficient (Wildman–Crippen LogP) is 2.38. The van der Waals surface area contributed by atoms with Gasteiger partial charge in [-0.3, -0.25) is 4.79 Å². The zero-order valence-electron chi connectivity index (χ0n) is 10.4. The largest absolute Gasteiger partial charge is 0.330 e. The van der Waals surface area contributed by atoms with E-state index >= 15 is 0 Å². The van der Waals surface area contributed by atoms with Gasteiger partial charge in [0.05, 0.1) is 0 Å². The maximum absolute atomic E-state index is 11.4. The van der Waals surface area contributed by atoms with Crippen LogP contribution in [0.25, 0.3) is 0 Å². The summed E-state index contributed by atoms with van der Waals surface area (Å²) in [6.07, 6.45) is 0.753. The zero-order valence-corrected chi connectivity index (χ0v) is 12.0. The minimum Gasteiger partial charge on any atom is -0.330 e. The Morgan fingerprint density at radius 3 is 2.84 bits per heavy atom. The lowest BCUT2D eigenvalue weighted by Gasteiger charge is -2.06. The van der Waals surface area contributed by atoms with Gasteiger partial charge in [0.2, 0.25) is 0 Å². The molecule has 0 spiro atoms. The fourth-order valence-corrected chi connectivity index (χ4v) is 2.88. The van der Waals surface area contributed by atoms with Crippen molar-refractivity contribution in [2.75, 3.05) is 6.54 Å². The Kier molecular flexibility index (Phi) is 4.63. The van der Waals surface area contributed by atoms with Crippen LogP contribution < -0.4 is 11.3 Å². The number of rotatable bonds is 4. The third kappa shape index (κ3) is 3.83. The van der Waals surface area contributed by atoms with Crippen molar-refractivity contribution < 1.29 is 0 Å². The molecule has 100 valence electrons. The van der Waals surface area contributed by atoms with E-state index in [0.29, 0.717) is 22.4 Å². The summed E-state index contributed by atoms with van der Waals surface area (Å²) in [4.78, 5) is 19.2. The molecule has 4 nitrogen and oxygen atoms in total. The highest BCUT2D eigenvalue weighted by atomic mass is 35.5. The molecule has 1 heterocycles. The van der Waals surface area contributed by atoms with Crippen LogP contribution in [0.5, 0.6) is 0 Å². The standard InChI is InChI=1S/C13H14ClN3OS/c1-8-6-12(18)17-13(16-8)19-10-3-2-9(4-5-15)11(14)7-10/h2-3,6-7H,4-5,15H2,1H3,(H,16,17,18). The van der Waals surface area contributed by atoms with E-state index in [1.54, 1.807) is 6.92 Å². The molecule has 0 saturated heterocycles. The zero-order chi connectivity index (χ0) is 13.8. The maximum Gasteiger partial charge on any atom is 0.251 e. The molecule has 0 aliphatic carbocycles. The van der Waals surface area contributed by atoms with Crippen molar-refractivity contribution in [2.24, 2.45) is 5.73 Å². The first-order chi connectivity index (χ1) is 9.08. The Balaban J connectivity index is 2.23. The Morgan fingerprint density at radius 1 is 1.42 bits per heavy atom. The van der Waals surface area contributed by atoms with Gasteiger partial charge in [-0.2, -0.15) is 0 Å². The minimum absolute atomic E-state index is 0.152. The highest BCUT2D eigenvalue weighted by molar-refractivity contribution is 7.99. The van der Waals surface area contributed by atoms with E-state index in [2.05, 4.69) is 9.97 Å². The van der Waals surface area contributed by atoms with Crippen LogP contribution in [0.1, 0.15) is 11.3 Å². The second-order valence-electron chi connectivity index (χ2n) is 4.09. The topological polar surface area (TPSA) is 71.8 Å². The summed E-state index contributed by atoms with van der Waals surface area (Å²) >= 11 is 7.55. The molecular weight excluding hydrogens is 282 g/mol. The smallest absolute Gasteiger partial charge is 0.251 e. The van der Waals surface area contributed by atoms with Crippen LogP contribution in [-0.2, 0) is 6.42 Å². The van der Waals surface area contributed by atoms with Gasteiger partial charge in [-0.25, -0.2) is 4.98 Å². The molecule has 0 aliphatic heterocycles. The Labute approximate surface area is 120 Å². The molecule has 2 rings (SSSR count). The number of nitrogens with one attached hydrogen (secondary N) is 1. The molecule has 0 saturated carbocycles. The maximum atomic E-state index is 11.4. The number of hydrogen-bond donors (Lipinski definition) is 2. The third-order valence-electron chi connectivity index (χ3n) is 2.50. The molecule has 0 bridgehead atoms. The van der Waals surface area contributed by atoms with Gasteiger partial charge in [-0.15, -0.1) is 0 Å². The van der Waals surface area contributed by atoms with Crippen LogP contribution in [0.15, 0.2) is 39.1 Å². The number of benzene rings is 1. The normalized spacial score (nSPS) is 10.7. The molecule has 0 aliphatic rings. The number of nitrogens with zero attached hydrogens (tertiary/aromatic N) is 1. The lowest BCUT2D eigenvalue weighted by atomic mass is 10.1. The van der Waals surface area contributed by atoms with Gasteiger partial charge in [-0.05, 0) is 37.6 Å². The quantitative estimate of drug-likeness (QED) is 0.850. The van der Waals surface area contributed by atoms with Crippen LogP contribution in [0.4, 0.5) is 0 Å². The number of aromatic amines is 1. The lowest BCUT2D eigenvalue weighted by Crippen LogP contribution is -2.07. The molecule has 0 amide bonds. The van der Waals surface area contributed by atoms with Crippen LogP contribution in [0.3, 0.4) is 0 Å². The summed E-state index contributed by atoms with van der Waals surface area (Å²) in [7, 11) is 0. The molecule has 0 unspecified atom stereocenters. The van der Waals surface area contributed by atoms with Gasteiger partial charge in [0, 0.05) is 21.7 Å². The van der Waals surface area contributed by atoms with Crippen molar-refractivity contribution in [3.8, 4) is 0 Å². The second kappa shape index (κ2) is 6.23. The lowest BCUT2D eigenvalue weighted by molar-refractivity contribution is 0.905. The SMILES string of the molecule is Cc1cc(=O)[nH]c(Sc2ccc(CCN)c(Cl)c2)n1. The summed E-state index contributed by atoms with van der Waals surface area (Å²) in [6.45, 7) is 2.36. The summed E-state index contributed by atoms with van der Waals surface area (Å²) in [5, 5.41) is 1.25. The Morgan fingerprint density at radius 2 is 2.21 bits per heavy atom. The molecule has 19 heavy (non-hydrogen) atoms. The summed E-state index contributed by atoms with van der Waals surface area (Å²) in [5.41, 5.74) is 7.08. The van der Waals surface area contributed by atoms with Crippen molar-refractivity contribution in [3.05, 3.63) is 50.9 Å². The number of aromatic nitrogens is 2. The van der Waals surface area contributed by atoms with Crippen molar-refractivity contribution in [3.63, 3.8) is 0 Å². The number of H-pyrrole nitrogens is 1. The second-order valence-corrected chi connectivity index (χ2v) is 5.56. The molecule has 3 N–H and O–H groups in total. The third-order valence-corrected chi connectivity index (χ3v) is 3.73. The van der Waals surface area contributed by atoms with Crippen molar-refractivity contribution >= 4 is 23.4 Å². The predicted molar refractivity (Wildman–Crippen MR) is 77.9 cm³/mol. The van der Waals surface area contributed by atoms with Gasteiger partial charge in [0.15, 0.2) is 5.16 Å². The van der Waals surface area contributed by atoms with E-state index in [1.165, 1.54) is 17.8 Å². The molecule has 1 aromatic carbocycles. The fourth-order valence-electron chi connectivity index (χ4n) is 1.66. The van der Waals surface area contributed by atoms with Gasteiger partial charge in [0.25, 0.3) is 5.56 Å². The molecule has 2 aromatic rings. The highest BCUT2D eigenvalue weighted by Gasteiger charge is 2.05. The number of nitrogens with two attached hydrogens (primary N) is 1. The fraction of sp³-hybridized carbons (Fsp3) is 0.231. The van der Waals surface area contributed by atoms with E-state index in [9.17, 15) is 4.79 Å². The van der Waals surface area contributed by atoms with Crippen LogP contribution in [0, 0.1) is 6.92 Å². The average Bonchev–Trinajstić information content (AvgIpc) is 2.31. The highest BCUT2D eigenvalue weighted by Crippen LogP contribution is 2.28. The van der Waals surface area contributed by atoms with Crippen molar-refractivity contribution in [2.45, 2.75) is 23.4 Å². The van der Waals surface area contributed by atoms with Gasteiger partial charge < -0.3 is 10.7 Å². The monoisotopic (exact) mass is 295 g/mol. The molecule has 0 fully saturated rings. The first-order valence-electron chi connectivity index (χ1n) is 5.83. The van der Waals surface area contributed by atoms with Gasteiger partial charge >= 0.3 is 0 Å². The van der Waals surface area contributed by atoms with Crippen LogP contribution in [0.2, 0.25) is 5.02 Å². The molecule has 6 heteroatoms. The molecule has 0 radical (unpaired) electrons. The molecule has 0 atom stereocenters. The van der Waals surface area contributed by atoms with E-state index in [1.807, 2.05) is 18.2 Å². The van der Waals surface area contributed by atoms with E-state index in [0.717, 1.165) is 16.9 Å². The molecular formula is C13H14ClN3OS. The van der Waals surface area contributed by atoms with Crippen LogP contribution >= 0.6 is 23.4 Å². The summed E-state index contributed by atoms with van der Waals surface area (Å²) in [5.74, 6) is 0.